The van der Waals surface area contributed by atoms with Gasteiger partial charge in [-0.3, -0.25) is 0 Å². The van der Waals surface area contributed by atoms with E-state index >= 15 is 0 Å². The summed E-state index contributed by atoms with van der Waals surface area (Å²) in [5.41, 5.74) is 4.82. The maximum atomic E-state index is 12.1. The lowest BCUT2D eigenvalue weighted by molar-refractivity contribution is -0.274. The lowest BCUT2D eigenvalue weighted by Crippen LogP contribution is -2.20. The number of ether oxygens (including phenoxy) is 1. The molecular weight excluding hydrogens is 237 g/mol. The molecule has 17 heavy (non-hydrogen) atoms. The van der Waals surface area contributed by atoms with Gasteiger partial charge < -0.3 is 10.5 Å². The molecule has 0 radical (unpaired) electrons. The van der Waals surface area contributed by atoms with E-state index in [1.165, 1.54) is 0 Å². The molecule has 0 aliphatic rings. The van der Waals surface area contributed by atoms with Crippen LogP contribution in [0.3, 0.4) is 0 Å². The third-order valence-corrected chi connectivity index (χ3v) is 1.76. The second-order valence-electron chi connectivity index (χ2n) is 2.86. The van der Waals surface area contributed by atoms with Crippen molar-refractivity contribution in [1.82, 2.24) is 4.98 Å². The SMILES string of the molecule is N#CCc1c(C#N)cnc(N)c1OC(F)(F)F. The summed E-state index contributed by atoms with van der Waals surface area (Å²) in [6, 6.07) is 3.25. The van der Waals surface area contributed by atoms with Gasteiger partial charge in [0.05, 0.1) is 18.1 Å². The smallest absolute Gasteiger partial charge is 0.401 e. The fraction of sp³-hybridized carbons (Fsp3) is 0.222. The number of halogens is 3. The standard InChI is InChI=1S/C9H5F3N4O/c10-9(11,12)17-7-6(1-2-13)5(3-14)4-16-8(7)15/h4H,1H2,(H2,15,16). The van der Waals surface area contributed by atoms with E-state index in [1.807, 2.05) is 0 Å². The lowest BCUT2D eigenvalue weighted by atomic mass is 10.1. The monoisotopic (exact) mass is 242 g/mol. The Morgan fingerprint density at radius 2 is 2.06 bits per heavy atom. The summed E-state index contributed by atoms with van der Waals surface area (Å²) < 4.78 is 40.0. The Morgan fingerprint density at radius 1 is 1.41 bits per heavy atom. The highest BCUT2D eigenvalue weighted by molar-refractivity contribution is 5.57. The van der Waals surface area contributed by atoms with Gasteiger partial charge in [0.2, 0.25) is 0 Å². The van der Waals surface area contributed by atoms with Crippen LogP contribution in [0.4, 0.5) is 19.0 Å². The van der Waals surface area contributed by atoms with Crippen LogP contribution in [0.1, 0.15) is 11.1 Å². The van der Waals surface area contributed by atoms with E-state index in [0.29, 0.717) is 0 Å². The molecule has 0 saturated carbocycles. The number of hydrogen-bond donors (Lipinski definition) is 1. The van der Waals surface area contributed by atoms with Crippen LogP contribution in [0.15, 0.2) is 6.20 Å². The Balaban J connectivity index is 3.36. The average Bonchev–Trinajstić information content (AvgIpc) is 2.22. The molecule has 1 aromatic heterocycles. The lowest BCUT2D eigenvalue weighted by Gasteiger charge is -2.14. The quantitative estimate of drug-likeness (QED) is 0.847. The molecule has 8 heteroatoms. The summed E-state index contributed by atoms with van der Waals surface area (Å²) in [5.74, 6) is -1.32. The number of aromatic nitrogens is 1. The van der Waals surface area contributed by atoms with Crippen molar-refractivity contribution in [3.8, 4) is 17.9 Å². The summed E-state index contributed by atoms with van der Waals surface area (Å²) >= 11 is 0. The van der Waals surface area contributed by atoms with Crippen molar-refractivity contribution in [2.75, 3.05) is 5.73 Å². The van der Waals surface area contributed by atoms with Gasteiger partial charge in [-0.05, 0) is 0 Å². The predicted octanol–water partition coefficient (Wildman–Crippen LogP) is 1.50. The van der Waals surface area contributed by atoms with Gasteiger partial charge in [0.15, 0.2) is 11.6 Å². The number of nitriles is 2. The molecule has 88 valence electrons. The third-order valence-electron chi connectivity index (χ3n) is 1.76. The van der Waals surface area contributed by atoms with E-state index in [2.05, 4.69) is 9.72 Å². The van der Waals surface area contributed by atoms with Crippen molar-refractivity contribution in [3.05, 3.63) is 17.3 Å². The highest BCUT2D eigenvalue weighted by atomic mass is 19.4. The second-order valence-corrected chi connectivity index (χ2v) is 2.86. The van der Waals surface area contributed by atoms with Crippen molar-refractivity contribution in [1.29, 1.82) is 10.5 Å². The third kappa shape index (κ3) is 2.98. The highest BCUT2D eigenvalue weighted by Gasteiger charge is 2.34. The highest BCUT2D eigenvalue weighted by Crippen LogP contribution is 2.32. The maximum Gasteiger partial charge on any atom is 0.573 e. The fourth-order valence-corrected chi connectivity index (χ4v) is 1.13. The fourth-order valence-electron chi connectivity index (χ4n) is 1.13. The zero-order valence-corrected chi connectivity index (χ0v) is 8.25. The molecular formula is C9H5F3N4O. The van der Waals surface area contributed by atoms with Crippen LogP contribution in [-0.2, 0) is 6.42 Å². The van der Waals surface area contributed by atoms with Gasteiger partial charge in [-0.1, -0.05) is 0 Å². The minimum atomic E-state index is -4.96. The normalized spacial score (nSPS) is 10.4. The van der Waals surface area contributed by atoms with Crippen LogP contribution in [0.2, 0.25) is 0 Å². The largest absolute Gasteiger partial charge is 0.573 e. The van der Waals surface area contributed by atoms with Crippen molar-refractivity contribution >= 4 is 5.82 Å². The van der Waals surface area contributed by atoms with Crippen molar-refractivity contribution in [2.24, 2.45) is 0 Å². The van der Waals surface area contributed by atoms with E-state index in [9.17, 15) is 13.2 Å². The average molecular weight is 242 g/mol. The van der Waals surface area contributed by atoms with Gasteiger partial charge in [0.1, 0.15) is 6.07 Å². The van der Waals surface area contributed by atoms with E-state index in [4.69, 9.17) is 16.3 Å². The van der Waals surface area contributed by atoms with Gasteiger partial charge in [-0.25, -0.2) is 4.98 Å². The Bertz CT molecular complexity index is 513. The number of rotatable bonds is 2. The van der Waals surface area contributed by atoms with Crippen LogP contribution >= 0.6 is 0 Å². The van der Waals surface area contributed by atoms with Crippen LogP contribution < -0.4 is 10.5 Å². The van der Waals surface area contributed by atoms with Crippen molar-refractivity contribution in [2.45, 2.75) is 12.8 Å². The van der Waals surface area contributed by atoms with Crippen LogP contribution in [0, 0.1) is 22.7 Å². The van der Waals surface area contributed by atoms with Gasteiger partial charge in [-0.15, -0.1) is 13.2 Å². The molecule has 2 N–H and O–H groups in total. The number of hydrogen-bond acceptors (Lipinski definition) is 5. The van der Waals surface area contributed by atoms with E-state index in [0.717, 1.165) is 6.20 Å². The number of pyridine rings is 1. The van der Waals surface area contributed by atoms with Crippen molar-refractivity contribution in [3.63, 3.8) is 0 Å². The molecule has 0 fully saturated rings. The molecule has 0 saturated heterocycles. The number of anilines is 1. The first-order valence-electron chi connectivity index (χ1n) is 4.19. The number of nitrogens with two attached hydrogens (primary N) is 1. The van der Waals surface area contributed by atoms with Gasteiger partial charge >= 0.3 is 6.36 Å². The van der Waals surface area contributed by atoms with Gasteiger partial charge in [0, 0.05) is 11.8 Å². The Kier molecular flexibility index (Phi) is 3.39. The van der Waals surface area contributed by atoms with Crippen LogP contribution in [-0.4, -0.2) is 11.3 Å². The molecule has 0 aliphatic heterocycles. The summed E-state index contributed by atoms with van der Waals surface area (Å²) in [5, 5.41) is 17.2. The molecule has 1 heterocycles. The minimum Gasteiger partial charge on any atom is -0.401 e. The number of nitrogens with zero attached hydrogens (tertiary/aromatic N) is 3. The molecule has 0 aliphatic carbocycles. The molecule has 0 atom stereocenters. The molecule has 0 bridgehead atoms. The summed E-state index contributed by atoms with van der Waals surface area (Å²) in [6.45, 7) is 0. The minimum absolute atomic E-state index is 0.181. The van der Waals surface area contributed by atoms with E-state index in [-0.39, 0.29) is 11.1 Å². The Labute approximate surface area is 93.8 Å². The molecule has 1 aromatic rings. The van der Waals surface area contributed by atoms with Gasteiger partial charge in [-0.2, -0.15) is 10.5 Å². The molecule has 0 spiro atoms. The molecule has 5 nitrogen and oxygen atoms in total. The van der Waals surface area contributed by atoms with Crippen LogP contribution in [0.25, 0.3) is 0 Å². The summed E-state index contributed by atoms with van der Waals surface area (Å²) in [4.78, 5) is 3.40. The molecule has 0 amide bonds. The Hall–Kier alpha value is -2.48. The van der Waals surface area contributed by atoms with E-state index < -0.39 is 24.4 Å². The number of alkyl halides is 3. The first-order chi connectivity index (χ1) is 7.89. The number of nitrogen functional groups attached to an aromatic ring is 1. The topological polar surface area (TPSA) is 95.7 Å². The zero-order valence-electron chi connectivity index (χ0n) is 8.25. The first-order valence-corrected chi connectivity index (χ1v) is 4.19. The molecule has 1 rings (SSSR count). The second kappa shape index (κ2) is 4.58. The molecule has 0 unspecified atom stereocenters. The van der Waals surface area contributed by atoms with Crippen LogP contribution in [0.5, 0.6) is 5.75 Å². The Morgan fingerprint density at radius 3 is 2.53 bits per heavy atom. The summed E-state index contributed by atoms with van der Waals surface area (Å²) in [7, 11) is 0. The molecule has 0 aromatic carbocycles. The zero-order chi connectivity index (χ0) is 13.1. The first kappa shape index (κ1) is 12.6. The van der Waals surface area contributed by atoms with Crippen molar-refractivity contribution < 1.29 is 17.9 Å². The predicted molar refractivity (Wildman–Crippen MR) is 49.4 cm³/mol. The maximum absolute atomic E-state index is 12.1. The van der Waals surface area contributed by atoms with Gasteiger partial charge in [0.25, 0.3) is 0 Å². The summed E-state index contributed by atoms with van der Waals surface area (Å²) in [6.07, 6.45) is -4.40. The van der Waals surface area contributed by atoms with E-state index in [1.54, 1.807) is 12.1 Å².